The Morgan fingerprint density at radius 3 is 2.67 bits per heavy atom. The molecule has 15 heteroatoms. The van der Waals surface area contributed by atoms with E-state index < -0.39 is 33.7 Å². The smallest absolute Gasteiger partial charge is 0.286 e. The number of aromatic nitrogens is 2. The number of nitrogens with zero attached hydrogens (tertiary/aromatic N) is 4. The number of anilines is 1. The van der Waals surface area contributed by atoms with Crippen LogP contribution in [0, 0.1) is 17.8 Å². The highest BCUT2D eigenvalue weighted by Crippen LogP contribution is 2.47. The van der Waals surface area contributed by atoms with Gasteiger partial charge in [-0.1, -0.05) is 36.7 Å². The zero-order chi connectivity index (χ0) is 39.1. The van der Waals surface area contributed by atoms with E-state index >= 15 is 0 Å². The van der Waals surface area contributed by atoms with Gasteiger partial charge in [-0.25, -0.2) is 4.21 Å². The predicted octanol–water partition coefficient (Wildman–Crippen LogP) is 5.26. The average Bonchev–Trinajstić information content (AvgIpc) is 3.45. The van der Waals surface area contributed by atoms with E-state index in [9.17, 15) is 18.6 Å². The van der Waals surface area contributed by atoms with Crippen molar-refractivity contribution in [2.75, 3.05) is 44.6 Å². The van der Waals surface area contributed by atoms with Gasteiger partial charge in [0.1, 0.15) is 21.2 Å². The number of carbonyl (C=O) groups is 3. The van der Waals surface area contributed by atoms with E-state index in [4.69, 9.17) is 25.8 Å². The Morgan fingerprint density at radius 2 is 1.95 bits per heavy atom. The molecular weight excluding hydrogens is 744 g/mol. The molecule has 2 aromatic carbocycles. The molecular formula is C40H49ClN6O7S. The van der Waals surface area contributed by atoms with E-state index in [1.54, 1.807) is 39.3 Å². The van der Waals surface area contributed by atoms with Gasteiger partial charge in [0.2, 0.25) is 11.8 Å². The molecule has 3 heterocycles. The van der Waals surface area contributed by atoms with Crippen LogP contribution < -0.4 is 24.4 Å². The summed E-state index contributed by atoms with van der Waals surface area (Å²) < 4.78 is 41.1. The molecule has 55 heavy (non-hydrogen) atoms. The van der Waals surface area contributed by atoms with E-state index in [2.05, 4.69) is 36.5 Å². The van der Waals surface area contributed by atoms with Gasteiger partial charge < -0.3 is 24.4 Å². The number of ether oxygens (including phenoxy) is 3. The molecule has 2 aliphatic heterocycles. The highest BCUT2D eigenvalue weighted by molar-refractivity contribution is 7.92. The zero-order valence-electron chi connectivity index (χ0n) is 31.9. The molecule has 294 valence electrons. The van der Waals surface area contributed by atoms with Crippen molar-refractivity contribution in [1.29, 1.82) is 0 Å². The van der Waals surface area contributed by atoms with Gasteiger partial charge in [0.15, 0.2) is 0 Å². The fourth-order valence-corrected chi connectivity index (χ4v) is 10.8. The van der Waals surface area contributed by atoms with E-state index in [-0.39, 0.29) is 52.0 Å². The summed E-state index contributed by atoms with van der Waals surface area (Å²) in [7, 11) is 0.881. The molecule has 7 atom stereocenters. The maximum atomic E-state index is 14.9. The summed E-state index contributed by atoms with van der Waals surface area (Å²) in [5.74, 6) is -1.45. The van der Waals surface area contributed by atoms with Crippen LogP contribution in [0.3, 0.4) is 0 Å². The zero-order valence-corrected chi connectivity index (χ0v) is 33.5. The standard InChI is InChI=1S/C40H49ClN6O7S/c1-24-21-55(51,45-38(50)31-20-46(3)43-39(31)53-5)44-37(49)27-9-14-36-34(18-27)47(19-28-8-11-30(28)35(52-4)15-13-33(24)42-25(2)48)22-40(23-54-36)16-6-7-26-17-29(41)10-12-32(26)40/h9-10,12-15,17-18,20,24,28,30,33,35H,6-8,11,16,19,21-23H2,1-5H3,(H,42,48)(H,44,45,49,50,51)/b15-13-/t24-,28+,30-,33+,35+,40+,55?/m1/s1. The Labute approximate surface area is 327 Å². The van der Waals surface area contributed by atoms with Crippen molar-refractivity contribution in [3.63, 3.8) is 0 Å². The van der Waals surface area contributed by atoms with Crippen LogP contribution in [0.2, 0.25) is 5.02 Å². The van der Waals surface area contributed by atoms with Gasteiger partial charge in [0, 0.05) is 56.4 Å². The number of carbonyl (C=O) groups excluding carboxylic acids is 3. The lowest BCUT2D eigenvalue weighted by Crippen LogP contribution is -2.49. The van der Waals surface area contributed by atoms with E-state index in [1.165, 1.54) is 36.0 Å². The minimum atomic E-state index is -3.81. The Hall–Kier alpha value is -4.40. The van der Waals surface area contributed by atoms with Crippen LogP contribution in [0.1, 0.15) is 71.4 Å². The lowest BCUT2D eigenvalue weighted by molar-refractivity contribution is -0.119. The molecule has 0 radical (unpaired) electrons. The van der Waals surface area contributed by atoms with E-state index in [0.717, 1.165) is 37.8 Å². The minimum Gasteiger partial charge on any atom is -0.490 e. The van der Waals surface area contributed by atoms with Crippen molar-refractivity contribution in [1.82, 2.24) is 19.8 Å². The first-order valence-corrected chi connectivity index (χ1v) is 20.8. The molecule has 1 unspecified atom stereocenters. The summed E-state index contributed by atoms with van der Waals surface area (Å²) in [6, 6.07) is 10.7. The van der Waals surface area contributed by atoms with Crippen LogP contribution in [0.4, 0.5) is 5.69 Å². The van der Waals surface area contributed by atoms with Gasteiger partial charge in [-0.05, 0) is 91.3 Å². The summed E-state index contributed by atoms with van der Waals surface area (Å²) in [6.07, 6.45) is 9.87. The first kappa shape index (κ1) is 38.9. The number of hydrogen-bond donors (Lipinski definition) is 2. The van der Waals surface area contributed by atoms with Crippen LogP contribution in [-0.2, 0) is 38.3 Å². The molecule has 2 N–H and O–H groups in total. The number of methoxy groups -OCH3 is 2. The van der Waals surface area contributed by atoms with Crippen molar-refractivity contribution in [2.45, 2.75) is 63.5 Å². The maximum Gasteiger partial charge on any atom is 0.286 e. The largest absolute Gasteiger partial charge is 0.490 e. The molecule has 3 amide bonds. The van der Waals surface area contributed by atoms with Crippen LogP contribution in [0.25, 0.3) is 0 Å². The molecule has 2 aliphatic carbocycles. The topological polar surface area (TPSA) is 153 Å². The van der Waals surface area contributed by atoms with Crippen LogP contribution >= 0.6 is 11.6 Å². The summed E-state index contributed by atoms with van der Waals surface area (Å²) in [5, 5.41) is 7.81. The number of nitrogens with one attached hydrogen (secondary N) is 2. The second-order valence-electron chi connectivity index (χ2n) is 15.4. The van der Waals surface area contributed by atoms with Gasteiger partial charge in [0.05, 0.1) is 37.3 Å². The predicted molar refractivity (Wildman–Crippen MR) is 210 cm³/mol. The van der Waals surface area contributed by atoms with Crippen molar-refractivity contribution in [2.24, 2.45) is 29.2 Å². The maximum absolute atomic E-state index is 14.9. The molecule has 1 spiro atoms. The number of halogens is 1. The normalized spacial score (nSPS) is 29.7. The van der Waals surface area contributed by atoms with Gasteiger partial charge in [-0.15, -0.1) is 9.46 Å². The fourth-order valence-electron chi connectivity index (χ4n) is 8.75. The summed E-state index contributed by atoms with van der Waals surface area (Å²) in [5.41, 5.74) is 3.14. The molecule has 2 bridgehead atoms. The number of aryl methyl sites for hydroxylation is 2. The van der Waals surface area contributed by atoms with Gasteiger partial charge in [-0.3, -0.25) is 23.8 Å². The number of benzene rings is 2. The first-order valence-electron chi connectivity index (χ1n) is 18.8. The second-order valence-corrected chi connectivity index (χ2v) is 17.9. The number of hydrogen-bond acceptors (Lipinski definition) is 9. The molecule has 13 nitrogen and oxygen atoms in total. The van der Waals surface area contributed by atoms with Crippen molar-refractivity contribution < 1.29 is 32.8 Å². The molecule has 3 aromatic rings. The third kappa shape index (κ3) is 7.99. The lowest BCUT2D eigenvalue weighted by Gasteiger charge is -2.46. The number of rotatable bonds is 5. The number of amides is 3. The average molecular weight is 793 g/mol. The summed E-state index contributed by atoms with van der Waals surface area (Å²) >= 11 is 6.47. The summed E-state index contributed by atoms with van der Waals surface area (Å²) in [6.45, 7) is 5.01. The first-order chi connectivity index (χ1) is 26.3. The molecule has 1 fully saturated rings. The van der Waals surface area contributed by atoms with E-state index in [0.29, 0.717) is 30.5 Å². The highest BCUT2D eigenvalue weighted by Gasteiger charge is 2.44. The van der Waals surface area contributed by atoms with Gasteiger partial charge >= 0.3 is 0 Å². The molecule has 1 aromatic heterocycles. The van der Waals surface area contributed by atoms with Crippen molar-refractivity contribution >= 4 is 44.9 Å². The van der Waals surface area contributed by atoms with E-state index in [1.807, 2.05) is 18.2 Å². The minimum absolute atomic E-state index is 0.0295. The van der Waals surface area contributed by atoms with Gasteiger partial charge in [-0.2, -0.15) is 0 Å². The Balaban J connectivity index is 1.34. The van der Waals surface area contributed by atoms with Crippen LogP contribution in [0.15, 0.2) is 59.1 Å². The van der Waals surface area contributed by atoms with Crippen LogP contribution in [0.5, 0.6) is 11.6 Å². The quantitative estimate of drug-likeness (QED) is 0.330. The number of fused-ring (bicyclic) bond motifs is 4. The fraction of sp³-hybridized carbons (Fsp3) is 0.500. The molecule has 1 saturated carbocycles. The van der Waals surface area contributed by atoms with Gasteiger partial charge in [0.25, 0.3) is 11.8 Å². The van der Waals surface area contributed by atoms with Crippen LogP contribution in [-0.4, -0.2) is 83.5 Å². The van der Waals surface area contributed by atoms with Crippen molar-refractivity contribution in [3.8, 4) is 11.6 Å². The summed E-state index contributed by atoms with van der Waals surface area (Å²) in [4.78, 5) is 42.7. The molecule has 4 aliphatic rings. The Kier molecular flexibility index (Phi) is 11.0. The monoisotopic (exact) mass is 792 g/mol. The van der Waals surface area contributed by atoms with Crippen molar-refractivity contribution in [3.05, 3.63) is 82.0 Å². The third-order valence-electron chi connectivity index (χ3n) is 11.6. The lowest BCUT2D eigenvalue weighted by atomic mass is 9.68. The Morgan fingerprint density at radius 1 is 1.13 bits per heavy atom. The third-order valence-corrected chi connectivity index (χ3v) is 13.8. The molecule has 7 rings (SSSR count). The highest BCUT2D eigenvalue weighted by atomic mass is 35.5. The SMILES string of the molecule is COc1nn(C)cc1C(=O)NS1(=O)=NC(=O)c2ccc3c(c2)N(C[C@@H]2CC[C@H]2[C@@H](OC)/C=C\[C@H](NC(C)=O)[C@H](C)C1)C[C@@]1(CCCc2cc(Cl)ccc21)CO3. The Bertz CT molecular complexity index is 2150. The second kappa shape index (κ2) is 15.6. The molecule has 0 saturated heterocycles.